The third kappa shape index (κ3) is 2.27. The number of ether oxygens (including phenoxy) is 1. The molecule has 0 aromatic rings. The van der Waals surface area contributed by atoms with Crippen LogP contribution in [0.25, 0.3) is 0 Å². The molecule has 94 valence electrons. The Bertz CT molecular complexity index is 214. The number of hydrogen-bond donors (Lipinski definition) is 1. The Balaban J connectivity index is 1.85. The minimum absolute atomic E-state index is 0.508. The number of rotatable bonds is 6. The van der Waals surface area contributed by atoms with Crippen LogP contribution < -0.4 is 5.32 Å². The average Bonchev–Trinajstić information content (AvgIpc) is 2.79. The summed E-state index contributed by atoms with van der Waals surface area (Å²) in [7, 11) is 0. The van der Waals surface area contributed by atoms with Gasteiger partial charge in [0.1, 0.15) is 0 Å². The maximum Gasteiger partial charge on any atom is 0.0661 e. The number of thioether (sulfide) groups is 1. The quantitative estimate of drug-likeness (QED) is 0.725. The van der Waals surface area contributed by atoms with Gasteiger partial charge in [0.15, 0.2) is 0 Å². The Kier molecular flexibility index (Phi) is 4.57. The van der Waals surface area contributed by atoms with Crippen LogP contribution >= 0.6 is 11.8 Å². The van der Waals surface area contributed by atoms with Crippen molar-refractivity contribution in [2.45, 2.75) is 51.2 Å². The predicted molar refractivity (Wildman–Crippen MR) is 71.1 cm³/mol. The van der Waals surface area contributed by atoms with Gasteiger partial charge in [0.05, 0.1) is 6.10 Å². The van der Waals surface area contributed by atoms with Crippen molar-refractivity contribution in [1.82, 2.24) is 5.32 Å². The van der Waals surface area contributed by atoms with Crippen LogP contribution in [0, 0.1) is 5.41 Å². The molecule has 2 aliphatic rings. The second-order valence-corrected chi connectivity index (χ2v) is 6.11. The van der Waals surface area contributed by atoms with Crippen LogP contribution in [-0.4, -0.2) is 37.3 Å². The molecule has 0 bridgehead atoms. The summed E-state index contributed by atoms with van der Waals surface area (Å²) in [4.78, 5) is 0. The van der Waals surface area contributed by atoms with Crippen LogP contribution in [0.2, 0.25) is 0 Å². The average molecular weight is 243 g/mol. The lowest BCUT2D eigenvalue weighted by Gasteiger charge is -2.54. The Hall–Kier alpha value is 0.270. The lowest BCUT2D eigenvalue weighted by molar-refractivity contribution is -0.129. The van der Waals surface area contributed by atoms with Gasteiger partial charge in [0, 0.05) is 30.4 Å². The molecule has 2 aliphatic carbocycles. The van der Waals surface area contributed by atoms with Gasteiger partial charge in [-0.2, -0.15) is 11.8 Å². The van der Waals surface area contributed by atoms with E-state index in [1.54, 1.807) is 0 Å². The van der Waals surface area contributed by atoms with Gasteiger partial charge in [-0.25, -0.2) is 0 Å². The third-order valence-electron chi connectivity index (χ3n) is 4.38. The first-order valence-electron chi connectivity index (χ1n) is 6.67. The molecule has 2 nitrogen and oxygen atoms in total. The fourth-order valence-electron chi connectivity index (χ4n) is 3.51. The van der Waals surface area contributed by atoms with Crippen LogP contribution in [0.5, 0.6) is 0 Å². The molecule has 0 saturated heterocycles. The highest BCUT2D eigenvalue weighted by molar-refractivity contribution is 7.98. The second-order valence-electron chi connectivity index (χ2n) is 5.12. The fraction of sp³-hybridized carbons (Fsp3) is 1.00. The summed E-state index contributed by atoms with van der Waals surface area (Å²) in [6, 6.07) is 0.735. The van der Waals surface area contributed by atoms with Crippen molar-refractivity contribution in [3.8, 4) is 0 Å². The van der Waals surface area contributed by atoms with Crippen LogP contribution in [-0.2, 0) is 4.74 Å². The van der Waals surface area contributed by atoms with Gasteiger partial charge in [-0.15, -0.1) is 0 Å². The van der Waals surface area contributed by atoms with E-state index in [0.717, 1.165) is 19.2 Å². The highest BCUT2D eigenvalue weighted by atomic mass is 32.2. The molecule has 2 atom stereocenters. The Morgan fingerprint density at radius 2 is 2.12 bits per heavy atom. The lowest BCUT2D eigenvalue weighted by Crippen LogP contribution is -2.62. The molecule has 3 heteroatoms. The molecule has 1 N–H and O–H groups in total. The summed E-state index contributed by atoms with van der Waals surface area (Å²) in [5.74, 6) is 1.23. The maximum absolute atomic E-state index is 5.91. The Morgan fingerprint density at radius 1 is 1.38 bits per heavy atom. The summed E-state index contributed by atoms with van der Waals surface area (Å²) in [5, 5.41) is 3.74. The first-order chi connectivity index (χ1) is 7.83. The normalized spacial score (nSPS) is 31.9. The molecule has 1 spiro atoms. The second kappa shape index (κ2) is 5.74. The molecule has 0 heterocycles. The highest BCUT2D eigenvalue weighted by Crippen LogP contribution is 2.54. The topological polar surface area (TPSA) is 21.3 Å². The molecular weight excluding hydrogens is 218 g/mol. The zero-order valence-electron chi connectivity index (χ0n) is 10.6. The van der Waals surface area contributed by atoms with Crippen LogP contribution in [0.15, 0.2) is 0 Å². The first-order valence-corrected chi connectivity index (χ1v) is 8.07. The highest BCUT2D eigenvalue weighted by Gasteiger charge is 2.56. The predicted octanol–water partition coefficient (Wildman–Crippen LogP) is 2.68. The Morgan fingerprint density at radius 3 is 2.75 bits per heavy atom. The van der Waals surface area contributed by atoms with Crippen molar-refractivity contribution in [1.29, 1.82) is 0 Å². The van der Waals surface area contributed by atoms with E-state index in [0.29, 0.717) is 11.5 Å². The molecule has 0 aromatic carbocycles. The summed E-state index contributed by atoms with van der Waals surface area (Å²) in [5.41, 5.74) is 0.508. The molecular formula is C13H25NOS. The van der Waals surface area contributed by atoms with E-state index in [2.05, 4.69) is 18.5 Å². The van der Waals surface area contributed by atoms with E-state index < -0.39 is 0 Å². The van der Waals surface area contributed by atoms with Gasteiger partial charge in [-0.05, 0) is 32.4 Å². The van der Waals surface area contributed by atoms with Gasteiger partial charge < -0.3 is 10.1 Å². The van der Waals surface area contributed by atoms with Gasteiger partial charge >= 0.3 is 0 Å². The summed E-state index contributed by atoms with van der Waals surface area (Å²) >= 11 is 1.93. The van der Waals surface area contributed by atoms with Gasteiger partial charge in [-0.1, -0.05) is 12.8 Å². The molecule has 16 heavy (non-hydrogen) atoms. The fourth-order valence-corrected chi connectivity index (χ4v) is 3.83. The standard InChI is InChI=1S/C13H25NOS/c1-3-15-12-10-11(14-8-9-16-2)13(12)6-4-5-7-13/h11-12,14H,3-10H2,1-2H3. The smallest absolute Gasteiger partial charge is 0.0661 e. The van der Waals surface area contributed by atoms with E-state index in [1.165, 1.54) is 37.9 Å². The van der Waals surface area contributed by atoms with E-state index >= 15 is 0 Å². The van der Waals surface area contributed by atoms with E-state index in [4.69, 9.17) is 4.74 Å². The molecule has 2 unspecified atom stereocenters. The van der Waals surface area contributed by atoms with E-state index in [-0.39, 0.29) is 0 Å². The minimum Gasteiger partial charge on any atom is -0.378 e. The van der Waals surface area contributed by atoms with Crippen molar-refractivity contribution in [3.63, 3.8) is 0 Å². The van der Waals surface area contributed by atoms with Crippen LogP contribution in [0.3, 0.4) is 0 Å². The molecule has 2 rings (SSSR count). The monoisotopic (exact) mass is 243 g/mol. The minimum atomic E-state index is 0.508. The Labute approximate surface area is 104 Å². The zero-order valence-corrected chi connectivity index (χ0v) is 11.4. The molecule has 2 saturated carbocycles. The van der Waals surface area contributed by atoms with E-state index in [1.807, 2.05) is 11.8 Å². The maximum atomic E-state index is 5.91. The van der Waals surface area contributed by atoms with Crippen molar-refractivity contribution < 1.29 is 4.74 Å². The summed E-state index contributed by atoms with van der Waals surface area (Å²) in [6.07, 6.45) is 9.54. The third-order valence-corrected chi connectivity index (χ3v) is 5.00. The van der Waals surface area contributed by atoms with Crippen LogP contribution in [0.1, 0.15) is 39.0 Å². The molecule has 0 aliphatic heterocycles. The number of nitrogens with one attached hydrogen (secondary N) is 1. The van der Waals surface area contributed by atoms with Crippen LogP contribution in [0.4, 0.5) is 0 Å². The van der Waals surface area contributed by atoms with Gasteiger partial charge in [-0.3, -0.25) is 0 Å². The van der Waals surface area contributed by atoms with Crippen molar-refractivity contribution in [3.05, 3.63) is 0 Å². The van der Waals surface area contributed by atoms with Crippen molar-refractivity contribution >= 4 is 11.8 Å². The molecule has 0 radical (unpaired) electrons. The molecule has 0 amide bonds. The summed E-state index contributed by atoms with van der Waals surface area (Å²) < 4.78 is 5.91. The molecule has 2 fully saturated rings. The molecule has 0 aromatic heterocycles. The first kappa shape index (κ1) is 12.7. The van der Waals surface area contributed by atoms with Crippen molar-refractivity contribution in [2.24, 2.45) is 5.41 Å². The summed E-state index contributed by atoms with van der Waals surface area (Å²) in [6.45, 7) is 4.16. The van der Waals surface area contributed by atoms with E-state index in [9.17, 15) is 0 Å². The van der Waals surface area contributed by atoms with Crippen molar-refractivity contribution in [2.75, 3.05) is 25.2 Å². The zero-order chi connectivity index (χ0) is 11.4. The van der Waals surface area contributed by atoms with Gasteiger partial charge in [0.2, 0.25) is 0 Å². The SMILES string of the molecule is CCOC1CC(NCCSC)C12CCCC2. The lowest BCUT2D eigenvalue weighted by atomic mass is 9.60. The number of hydrogen-bond acceptors (Lipinski definition) is 3. The van der Waals surface area contributed by atoms with Gasteiger partial charge in [0.25, 0.3) is 0 Å². The largest absolute Gasteiger partial charge is 0.378 e.